The van der Waals surface area contributed by atoms with Crippen LogP contribution in [0.5, 0.6) is 0 Å². The Balaban J connectivity index is 2.24. The van der Waals surface area contributed by atoms with Gasteiger partial charge in [0.1, 0.15) is 5.69 Å². The van der Waals surface area contributed by atoms with Crippen LogP contribution in [0.1, 0.15) is 56.4 Å². The number of carbonyl (C=O) groups is 1. The minimum absolute atomic E-state index is 0.0821. The van der Waals surface area contributed by atoms with E-state index in [4.69, 9.17) is 5.14 Å². The lowest BCUT2D eigenvalue weighted by atomic mass is 10.0. The number of nitrogens with one attached hydrogen (secondary N) is 2. The second-order valence-electron chi connectivity index (χ2n) is 5.65. The molecular weight excluding hydrogens is 290 g/mol. The number of amides is 1. The van der Waals surface area contributed by atoms with E-state index in [1.807, 2.05) is 0 Å². The second-order valence-corrected chi connectivity index (χ2v) is 7.21. The van der Waals surface area contributed by atoms with Crippen LogP contribution in [0.3, 0.4) is 0 Å². The Kier molecular flexibility index (Phi) is 6.91. The lowest BCUT2D eigenvalue weighted by molar-refractivity contribution is 0.0948. The molecule has 4 N–H and O–H groups in total. The van der Waals surface area contributed by atoms with Crippen LogP contribution in [0.2, 0.25) is 0 Å². The minimum Gasteiger partial charge on any atom is -0.356 e. The molecule has 0 fully saturated rings. The van der Waals surface area contributed by atoms with E-state index in [-0.39, 0.29) is 16.5 Å². The average molecular weight is 315 g/mol. The van der Waals surface area contributed by atoms with Crippen LogP contribution in [0, 0.1) is 5.92 Å². The molecule has 0 unspecified atom stereocenters. The highest BCUT2D eigenvalue weighted by Gasteiger charge is 2.14. The first-order chi connectivity index (χ1) is 9.80. The summed E-state index contributed by atoms with van der Waals surface area (Å²) >= 11 is 0. The predicted molar refractivity (Wildman–Crippen MR) is 82.4 cm³/mol. The molecule has 7 heteroatoms. The van der Waals surface area contributed by atoms with Crippen molar-refractivity contribution in [1.82, 2.24) is 10.3 Å². The first kappa shape index (κ1) is 17.7. The molecule has 1 aromatic rings. The highest BCUT2D eigenvalue weighted by atomic mass is 32.2. The molecule has 0 aliphatic heterocycles. The molecule has 1 amide bonds. The summed E-state index contributed by atoms with van der Waals surface area (Å²) in [6.07, 6.45) is 6.86. The van der Waals surface area contributed by atoms with Crippen molar-refractivity contribution in [3.05, 3.63) is 18.0 Å². The summed E-state index contributed by atoms with van der Waals surface area (Å²) in [4.78, 5) is 14.3. The molecule has 0 aliphatic carbocycles. The maximum absolute atomic E-state index is 11.8. The van der Waals surface area contributed by atoms with E-state index in [2.05, 4.69) is 24.1 Å². The van der Waals surface area contributed by atoms with E-state index in [1.165, 1.54) is 31.5 Å². The van der Waals surface area contributed by atoms with Crippen molar-refractivity contribution >= 4 is 15.9 Å². The van der Waals surface area contributed by atoms with Gasteiger partial charge in [-0.25, -0.2) is 13.6 Å². The molecule has 0 aromatic carbocycles. The van der Waals surface area contributed by atoms with Gasteiger partial charge >= 0.3 is 0 Å². The largest absolute Gasteiger partial charge is 0.356 e. The quantitative estimate of drug-likeness (QED) is 0.607. The number of carbonyl (C=O) groups excluding carboxylic acids is 1. The molecule has 21 heavy (non-hydrogen) atoms. The summed E-state index contributed by atoms with van der Waals surface area (Å²) in [6, 6.07) is 1.24. The van der Waals surface area contributed by atoms with E-state index in [9.17, 15) is 13.2 Å². The third kappa shape index (κ3) is 6.77. The number of hydrogen-bond acceptors (Lipinski definition) is 3. The molecule has 0 atom stereocenters. The van der Waals surface area contributed by atoms with Gasteiger partial charge in [0.15, 0.2) is 0 Å². The van der Waals surface area contributed by atoms with Gasteiger partial charge in [-0.2, -0.15) is 0 Å². The number of hydrogen-bond donors (Lipinski definition) is 3. The number of H-pyrrole nitrogens is 1. The third-order valence-electron chi connectivity index (χ3n) is 3.22. The van der Waals surface area contributed by atoms with E-state index < -0.39 is 10.0 Å². The lowest BCUT2D eigenvalue weighted by Gasteiger charge is -2.05. The first-order valence-electron chi connectivity index (χ1n) is 7.30. The summed E-state index contributed by atoms with van der Waals surface area (Å²) in [7, 11) is -3.77. The van der Waals surface area contributed by atoms with E-state index in [0.29, 0.717) is 6.54 Å². The van der Waals surface area contributed by atoms with Crippen LogP contribution in [0.25, 0.3) is 0 Å². The molecule has 6 nitrogen and oxygen atoms in total. The number of primary sulfonamides is 1. The van der Waals surface area contributed by atoms with Gasteiger partial charge in [0, 0.05) is 12.7 Å². The van der Waals surface area contributed by atoms with Crippen molar-refractivity contribution in [3.8, 4) is 0 Å². The fourth-order valence-electron chi connectivity index (χ4n) is 2.00. The average Bonchev–Trinajstić information content (AvgIpc) is 2.86. The van der Waals surface area contributed by atoms with Gasteiger partial charge in [0.25, 0.3) is 5.91 Å². The van der Waals surface area contributed by atoms with Gasteiger partial charge in [-0.05, 0) is 18.4 Å². The summed E-state index contributed by atoms with van der Waals surface area (Å²) < 4.78 is 22.2. The molecule has 120 valence electrons. The van der Waals surface area contributed by atoms with Gasteiger partial charge in [0.05, 0.1) is 4.90 Å². The fourth-order valence-corrected chi connectivity index (χ4v) is 2.50. The molecular formula is C14H25N3O3S. The highest BCUT2D eigenvalue weighted by Crippen LogP contribution is 2.10. The monoisotopic (exact) mass is 315 g/mol. The van der Waals surface area contributed by atoms with E-state index in [1.54, 1.807) is 0 Å². The van der Waals surface area contributed by atoms with Crippen LogP contribution in [-0.4, -0.2) is 25.9 Å². The highest BCUT2D eigenvalue weighted by molar-refractivity contribution is 7.89. The molecule has 1 heterocycles. The number of nitrogens with two attached hydrogens (primary N) is 1. The Morgan fingerprint density at radius 3 is 2.52 bits per heavy atom. The standard InChI is InChI=1S/C14H25N3O3S/c1-11(2)7-5-3-4-6-8-16-14(18)13-9-12(10-17-13)21(15,19)20/h9-11,17H,3-8H2,1-2H3,(H,16,18)(H2,15,19,20). The van der Waals surface area contributed by atoms with Crippen molar-refractivity contribution in [2.24, 2.45) is 11.1 Å². The second kappa shape index (κ2) is 8.19. The Morgan fingerprint density at radius 2 is 1.95 bits per heavy atom. The van der Waals surface area contributed by atoms with Gasteiger partial charge in [-0.1, -0.05) is 39.5 Å². The SMILES string of the molecule is CC(C)CCCCCCNC(=O)c1cc(S(N)(=O)=O)c[nH]1. The molecule has 0 radical (unpaired) electrons. The first-order valence-corrected chi connectivity index (χ1v) is 8.84. The number of unbranched alkanes of at least 4 members (excludes halogenated alkanes) is 3. The number of aromatic amines is 1. The van der Waals surface area contributed by atoms with Crippen LogP contribution in [0.4, 0.5) is 0 Å². The van der Waals surface area contributed by atoms with E-state index in [0.717, 1.165) is 18.8 Å². The fraction of sp³-hybridized carbons (Fsp3) is 0.643. The topological polar surface area (TPSA) is 105 Å². The Hall–Kier alpha value is -1.34. The Morgan fingerprint density at radius 1 is 1.29 bits per heavy atom. The Labute approximate surface area is 126 Å². The van der Waals surface area contributed by atoms with Crippen LogP contribution in [-0.2, 0) is 10.0 Å². The molecule has 1 aromatic heterocycles. The molecule has 0 saturated carbocycles. The molecule has 0 aliphatic rings. The van der Waals surface area contributed by atoms with E-state index >= 15 is 0 Å². The van der Waals surface area contributed by atoms with Crippen LogP contribution >= 0.6 is 0 Å². The number of aromatic nitrogens is 1. The van der Waals surface area contributed by atoms with Crippen molar-refractivity contribution < 1.29 is 13.2 Å². The van der Waals surface area contributed by atoms with Crippen molar-refractivity contribution in [1.29, 1.82) is 0 Å². The van der Waals surface area contributed by atoms with Crippen molar-refractivity contribution in [2.45, 2.75) is 50.8 Å². The normalized spacial score (nSPS) is 11.8. The van der Waals surface area contributed by atoms with Gasteiger partial charge in [-0.3, -0.25) is 4.79 Å². The zero-order chi connectivity index (χ0) is 15.9. The molecule has 1 rings (SSSR count). The minimum atomic E-state index is -3.77. The predicted octanol–water partition coefficient (Wildman–Crippen LogP) is 2.00. The molecule has 0 spiro atoms. The van der Waals surface area contributed by atoms with Gasteiger partial charge < -0.3 is 10.3 Å². The summed E-state index contributed by atoms with van der Waals surface area (Å²) in [5.74, 6) is 0.428. The smallest absolute Gasteiger partial charge is 0.267 e. The Bertz CT molecular complexity index is 550. The van der Waals surface area contributed by atoms with Crippen molar-refractivity contribution in [3.63, 3.8) is 0 Å². The summed E-state index contributed by atoms with van der Waals surface area (Å²) in [5, 5.41) is 7.74. The number of sulfonamides is 1. The van der Waals surface area contributed by atoms with Crippen molar-refractivity contribution in [2.75, 3.05) is 6.54 Å². The van der Waals surface area contributed by atoms with Gasteiger partial charge in [0.2, 0.25) is 10.0 Å². The molecule has 0 bridgehead atoms. The van der Waals surface area contributed by atoms with Crippen LogP contribution < -0.4 is 10.5 Å². The maximum Gasteiger partial charge on any atom is 0.267 e. The van der Waals surface area contributed by atoms with Gasteiger partial charge in [-0.15, -0.1) is 0 Å². The number of rotatable bonds is 9. The maximum atomic E-state index is 11.8. The summed E-state index contributed by atoms with van der Waals surface area (Å²) in [6.45, 7) is 5.02. The van der Waals surface area contributed by atoms with Crippen LogP contribution in [0.15, 0.2) is 17.2 Å². The third-order valence-corrected chi connectivity index (χ3v) is 4.12. The lowest BCUT2D eigenvalue weighted by Crippen LogP contribution is -2.24. The zero-order valence-electron chi connectivity index (χ0n) is 12.7. The molecule has 0 saturated heterocycles. The summed E-state index contributed by atoms with van der Waals surface area (Å²) in [5.41, 5.74) is 0.207. The zero-order valence-corrected chi connectivity index (χ0v) is 13.5.